The maximum Gasteiger partial charge on any atom is 0.248 e. The Hall–Kier alpha value is -8.52. The number of hydrogen-bond acceptors (Lipinski definition) is 16. The van der Waals surface area contributed by atoms with Gasteiger partial charge in [-0.1, -0.05) is 24.3 Å². The molecule has 2 amide bonds. The molecule has 0 saturated carbocycles. The quantitative estimate of drug-likeness (QED) is 0.103. The Bertz CT molecular complexity index is 3420. The molecule has 12 rings (SSSR count). The molecule has 18 heteroatoms. The largest absolute Gasteiger partial charge is 0.492 e. The number of nitriles is 2. The average molecular weight is 1100 g/mol. The van der Waals surface area contributed by atoms with E-state index in [2.05, 4.69) is 90.4 Å². The molecule has 2 aliphatic carbocycles. The predicted octanol–water partition coefficient (Wildman–Crippen LogP) is 7.26. The summed E-state index contributed by atoms with van der Waals surface area (Å²) < 4.78 is 23.8. The minimum atomic E-state index is -0.477. The smallest absolute Gasteiger partial charge is 0.248 e. The van der Waals surface area contributed by atoms with Crippen molar-refractivity contribution in [2.24, 2.45) is 0 Å². The van der Waals surface area contributed by atoms with E-state index in [0.29, 0.717) is 87.5 Å². The summed E-state index contributed by atoms with van der Waals surface area (Å²) in [5.74, 6) is 1.41. The van der Waals surface area contributed by atoms with E-state index in [1.54, 1.807) is 22.5 Å². The molecular formula is C64H66N10O8. The van der Waals surface area contributed by atoms with Gasteiger partial charge in [-0.15, -0.1) is 0 Å². The number of piperidine rings is 2. The Labute approximate surface area is 477 Å². The van der Waals surface area contributed by atoms with Crippen LogP contribution in [-0.4, -0.2) is 161 Å². The summed E-state index contributed by atoms with van der Waals surface area (Å²) in [4.78, 5) is 49.9. The van der Waals surface area contributed by atoms with Crippen molar-refractivity contribution in [1.29, 1.82) is 10.5 Å². The van der Waals surface area contributed by atoms with Crippen LogP contribution < -0.4 is 19.1 Å². The normalized spacial score (nSPS) is 17.1. The van der Waals surface area contributed by atoms with Crippen LogP contribution in [0, 0.1) is 22.7 Å². The van der Waals surface area contributed by atoms with Crippen molar-refractivity contribution in [3.8, 4) is 51.9 Å². The lowest BCUT2D eigenvalue weighted by Gasteiger charge is -2.32. The molecule has 6 heterocycles. The SMILES string of the molecule is N#Cc1cc(-c2ncnc3c2C=C(c2ccc(N4CCOCC4)cc2)C3)ccc1OC1CCN(C(=O)CO)CC1.N#Cc1cc(-c2ncnc3c2C=C(c2ccc(OCCN4CCCC4)cc2)C3)ccc1OC1CCN(C(=O)CO)CC1. The van der Waals surface area contributed by atoms with Crippen molar-refractivity contribution in [3.63, 3.8) is 0 Å². The van der Waals surface area contributed by atoms with Gasteiger partial charge in [-0.25, -0.2) is 19.9 Å². The maximum absolute atomic E-state index is 11.7. The van der Waals surface area contributed by atoms with Gasteiger partial charge in [0.2, 0.25) is 11.8 Å². The van der Waals surface area contributed by atoms with Crippen LogP contribution in [-0.2, 0) is 27.2 Å². The highest BCUT2D eigenvalue weighted by Crippen LogP contribution is 2.39. The van der Waals surface area contributed by atoms with Crippen molar-refractivity contribution in [1.82, 2.24) is 34.6 Å². The molecular weight excluding hydrogens is 1040 g/mol. The number of allylic oxidation sites excluding steroid dienone is 2. The van der Waals surface area contributed by atoms with Gasteiger partial charge in [0, 0.05) is 112 Å². The Balaban J connectivity index is 0.000000172. The second-order valence-corrected chi connectivity index (χ2v) is 21.3. The molecule has 4 fully saturated rings. The first-order chi connectivity index (χ1) is 40.2. The monoisotopic (exact) mass is 1100 g/mol. The van der Waals surface area contributed by atoms with Crippen molar-refractivity contribution < 1.29 is 38.7 Å². The number of aliphatic hydroxyl groups excluding tert-OH is 2. The van der Waals surface area contributed by atoms with Crippen molar-refractivity contribution in [2.75, 3.05) is 96.8 Å². The van der Waals surface area contributed by atoms with E-state index in [9.17, 15) is 20.1 Å². The van der Waals surface area contributed by atoms with Gasteiger partial charge in [-0.05, 0) is 121 Å². The number of aromatic nitrogens is 4. The zero-order valence-corrected chi connectivity index (χ0v) is 45.9. The van der Waals surface area contributed by atoms with Gasteiger partial charge in [-0.3, -0.25) is 14.5 Å². The van der Waals surface area contributed by atoms with Gasteiger partial charge >= 0.3 is 0 Å². The lowest BCUT2D eigenvalue weighted by Crippen LogP contribution is -2.42. The van der Waals surface area contributed by atoms with Crippen LogP contribution >= 0.6 is 0 Å². The number of rotatable bonds is 15. The van der Waals surface area contributed by atoms with Gasteiger partial charge in [-0.2, -0.15) is 10.5 Å². The van der Waals surface area contributed by atoms with E-state index < -0.39 is 13.2 Å². The van der Waals surface area contributed by atoms with Crippen LogP contribution in [0.15, 0.2) is 97.6 Å². The van der Waals surface area contributed by atoms with Gasteiger partial charge in [0.1, 0.15) is 74.1 Å². The van der Waals surface area contributed by atoms with E-state index in [1.807, 2.05) is 48.5 Å². The van der Waals surface area contributed by atoms with E-state index in [0.717, 1.165) is 101 Å². The summed E-state index contributed by atoms with van der Waals surface area (Å²) in [5, 5.41) is 38.0. The zero-order chi connectivity index (χ0) is 56.4. The van der Waals surface area contributed by atoms with Crippen LogP contribution in [0.4, 0.5) is 5.69 Å². The number of aliphatic hydroxyl groups is 2. The highest BCUT2D eigenvalue weighted by molar-refractivity contribution is 5.94. The second-order valence-electron chi connectivity index (χ2n) is 21.3. The number of likely N-dealkylation sites (tertiary alicyclic amines) is 3. The standard InChI is InChI=1S/C33H35N5O4.C31H31N5O4/c34-20-26-17-24(5-8-31(26)42-28-9-13-38(14-10-28)32(40)21-39)33-29-18-25(19-30(29)35-22-36-33)23-3-6-27(7-4-23)41-16-15-37-11-1-2-12-37;32-18-24-15-22(3-6-29(24)40-26-7-9-36(10-8-26)30(38)19-37)31-27-16-23(17-28(27)33-20-34-31)21-1-4-25(5-2-21)35-11-13-39-14-12-35/h3-8,17-18,22,28,39H,1-2,9-16,19,21H2;1-6,15-16,20,26,37H,7-14,17,19H2. The molecule has 0 radical (unpaired) electrons. The molecule has 6 aromatic rings. The van der Waals surface area contributed by atoms with Crippen LogP contribution in [0.3, 0.4) is 0 Å². The van der Waals surface area contributed by atoms with Crippen LogP contribution in [0.1, 0.15) is 83.3 Å². The average Bonchev–Trinajstić information content (AvgIpc) is 4.51. The zero-order valence-electron chi connectivity index (χ0n) is 45.9. The number of carbonyl (C=O) groups excluding carboxylic acids is 2. The van der Waals surface area contributed by atoms with E-state index in [1.165, 1.54) is 42.8 Å². The maximum atomic E-state index is 11.7. The van der Waals surface area contributed by atoms with Gasteiger partial charge in [0.25, 0.3) is 0 Å². The third-order valence-corrected chi connectivity index (χ3v) is 16.2. The number of ether oxygens (including phenoxy) is 4. The topological polar surface area (TPSA) is 224 Å². The fraction of sp³-hybridized carbons (Fsp3) is 0.375. The summed E-state index contributed by atoms with van der Waals surface area (Å²) in [6.45, 7) is 8.52. The molecule has 0 unspecified atom stereocenters. The minimum Gasteiger partial charge on any atom is -0.492 e. The molecule has 4 aromatic carbocycles. The molecule has 82 heavy (non-hydrogen) atoms. The first-order valence-corrected chi connectivity index (χ1v) is 28.4. The van der Waals surface area contributed by atoms with Crippen LogP contribution in [0.25, 0.3) is 45.8 Å². The van der Waals surface area contributed by atoms with Gasteiger partial charge < -0.3 is 43.9 Å². The summed E-state index contributed by atoms with van der Waals surface area (Å²) in [5.41, 5.74) is 13.9. The highest BCUT2D eigenvalue weighted by Gasteiger charge is 2.28. The number of anilines is 1. The van der Waals surface area contributed by atoms with Gasteiger partial charge in [0.15, 0.2) is 0 Å². The first kappa shape index (κ1) is 55.4. The second kappa shape index (κ2) is 25.9. The Morgan fingerprint density at radius 3 is 1.51 bits per heavy atom. The third-order valence-electron chi connectivity index (χ3n) is 16.2. The molecule has 2 N–H and O–H groups in total. The number of nitrogens with zero attached hydrogens (tertiary/aromatic N) is 10. The molecule has 18 nitrogen and oxygen atoms in total. The number of fused-ring (bicyclic) bond motifs is 2. The molecule has 2 aromatic heterocycles. The van der Waals surface area contributed by atoms with Crippen LogP contribution in [0.2, 0.25) is 0 Å². The number of morpholine rings is 1. The molecule has 0 atom stereocenters. The lowest BCUT2D eigenvalue weighted by molar-refractivity contribution is -0.136. The van der Waals surface area contributed by atoms with Crippen molar-refractivity contribution in [2.45, 2.75) is 63.6 Å². The molecule has 6 aliphatic rings. The molecule has 4 saturated heterocycles. The third kappa shape index (κ3) is 12.8. The first-order valence-electron chi connectivity index (χ1n) is 28.4. The molecule has 4 aliphatic heterocycles. The van der Waals surface area contributed by atoms with Crippen molar-refractivity contribution in [3.05, 3.63) is 142 Å². The Morgan fingerprint density at radius 1 is 0.585 bits per heavy atom. The lowest BCUT2D eigenvalue weighted by atomic mass is 10.0. The Morgan fingerprint density at radius 2 is 1.05 bits per heavy atom. The summed E-state index contributed by atoms with van der Waals surface area (Å²) in [6.07, 6.45) is 13.9. The van der Waals surface area contributed by atoms with E-state index in [-0.39, 0.29) is 24.0 Å². The molecule has 420 valence electrons. The van der Waals surface area contributed by atoms with E-state index >= 15 is 0 Å². The highest BCUT2D eigenvalue weighted by atomic mass is 16.5. The van der Waals surface area contributed by atoms with Gasteiger partial charge in [0.05, 0.1) is 47.1 Å². The summed E-state index contributed by atoms with van der Waals surface area (Å²) in [6, 6.07) is 32.7. The fourth-order valence-electron chi connectivity index (χ4n) is 11.6. The summed E-state index contributed by atoms with van der Waals surface area (Å²) >= 11 is 0. The molecule has 0 bridgehead atoms. The summed E-state index contributed by atoms with van der Waals surface area (Å²) in [7, 11) is 0. The predicted molar refractivity (Wildman–Crippen MR) is 309 cm³/mol. The molecule has 0 spiro atoms. The fourth-order valence-corrected chi connectivity index (χ4v) is 11.6. The number of benzene rings is 4. The van der Waals surface area contributed by atoms with Crippen LogP contribution in [0.5, 0.6) is 17.2 Å². The Kier molecular flexibility index (Phi) is 17.5. The number of hydrogen-bond donors (Lipinski definition) is 2. The van der Waals surface area contributed by atoms with Crippen molar-refractivity contribution >= 4 is 40.8 Å². The number of amides is 2. The van der Waals surface area contributed by atoms with E-state index in [4.69, 9.17) is 29.2 Å². The minimum absolute atomic E-state index is 0.0934. The number of carbonyl (C=O) groups is 2.